The molecule has 1 heterocycles. The molecule has 0 saturated carbocycles. The molecule has 1 aliphatic rings. The van der Waals surface area contributed by atoms with Gasteiger partial charge in [0.05, 0.1) is 7.11 Å². The average molecular weight is 290 g/mol. The minimum Gasteiger partial charge on any atom is -0.496 e. The van der Waals surface area contributed by atoms with E-state index < -0.39 is 6.04 Å². The molecule has 5 heteroatoms. The smallest absolute Gasteiger partial charge is 0.246 e. The highest BCUT2D eigenvalue weighted by Gasteiger charge is 2.27. The Morgan fingerprint density at radius 1 is 1.38 bits per heavy atom. The Balaban J connectivity index is 2.17. The summed E-state index contributed by atoms with van der Waals surface area (Å²) < 4.78 is 5.38. The molecule has 1 unspecified atom stereocenters. The van der Waals surface area contributed by atoms with Crippen LogP contribution in [0.3, 0.4) is 0 Å². The fourth-order valence-electron chi connectivity index (χ4n) is 2.41. The standard InChI is InChI=1S/C16H22N2O3/c1-16(2,3)11-9-10(5-7-13(11)21-4)17-15(20)12-6-8-14(19)18-12/h5,7,9,12H,6,8H2,1-4H3,(H,17,20)(H,18,19). The second kappa shape index (κ2) is 5.76. The number of amides is 2. The van der Waals surface area contributed by atoms with Crippen molar-refractivity contribution in [1.82, 2.24) is 5.32 Å². The van der Waals surface area contributed by atoms with Crippen LogP contribution in [0.25, 0.3) is 0 Å². The van der Waals surface area contributed by atoms with Gasteiger partial charge < -0.3 is 15.4 Å². The Bertz CT molecular complexity index is 561. The van der Waals surface area contributed by atoms with Crippen molar-refractivity contribution in [3.8, 4) is 5.75 Å². The molecule has 1 atom stereocenters. The van der Waals surface area contributed by atoms with Gasteiger partial charge in [0.15, 0.2) is 0 Å². The van der Waals surface area contributed by atoms with Gasteiger partial charge in [-0.05, 0) is 30.0 Å². The molecule has 0 spiro atoms. The molecule has 0 aromatic heterocycles. The predicted octanol–water partition coefficient (Wildman–Crippen LogP) is 2.21. The van der Waals surface area contributed by atoms with Crippen LogP contribution in [-0.2, 0) is 15.0 Å². The molecule has 1 saturated heterocycles. The zero-order chi connectivity index (χ0) is 15.6. The molecule has 0 bridgehead atoms. The molecule has 114 valence electrons. The Hall–Kier alpha value is -2.04. The molecule has 1 fully saturated rings. The summed E-state index contributed by atoms with van der Waals surface area (Å²) in [4.78, 5) is 23.3. The largest absolute Gasteiger partial charge is 0.496 e. The SMILES string of the molecule is COc1ccc(NC(=O)C2CCC(=O)N2)cc1C(C)(C)C. The zero-order valence-electron chi connectivity index (χ0n) is 12.9. The first kappa shape index (κ1) is 15.4. The highest BCUT2D eigenvalue weighted by molar-refractivity contribution is 5.99. The maximum absolute atomic E-state index is 12.1. The van der Waals surface area contributed by atoms with Crippen LogP contribution in [0.5, 0.6) is 5.75 Å². The number of methoxy groups -OCH3 is 1. The number of carbonyl (C=O) groups excluding carboxylic acids is 2. The Morgan fingerprint density at radius 3 is 2.62 bits per heavy atom. The fraction of sp³-hybridized carbons (Fsp3) is 0.500. The monoisotopic (exact) mass is 290 g/mol. The Labute approximate surface area is 125 Å². The lowest BCUT2D eigenvalue weighted by Crippen LogP contribution is -2.37. The van der Waals surface area contributed by atoms with Gasteiger partial charge in [-0.2, -0.15) is 0 Å². The lowest BCUT2D eigenvalue weighted by atomic mass is 9.86. The highest BCUT2D eigenvalue weighted by atomic mass is 16.5. The van der Waals surface area contributed by atoms with E-state index in [9.17, 15) is 9.59 Å². The zero-order valence-corrected chi connectivity index (χ0v) is 12.9. The molecule has 0 aliphatic carbocycles. The number of hydrogen-bond donors (Lipinski definition) is 2. The highest BCUT2D eigenvalue weighted by Crippen LogP contribution is 2.33. The fourth-order valence-corrected chi connectivity index (χ4v) is 2.41. The summed E-state index contributed by atoms with van der Waals surface area (Å²) in [6.07, 6.45) is 0.959. The van der Waals surface area contributed by atoms with Gasteiger partial charge in [-0.1, -0.05) is 20.8 Å². The van der Waals surface area contributed by atoms with E-state index in [0.717, 1.165) is 11.3 Å². The lowest BCUT2D eigenvalue weighted by molar-refractivity contribution is -0.122. The van der Waals surface area contributed by atoms with Crippen LogP contribution >= 0.6 is 0 Å². The van der Waals surface area contributed by atoms with Crippen LogP contribution in [0, 0.1) is 0 Å². The number of nitrogens with one attached hydrogen (secondary N) is 2. The number of carbonyl (C=O) groups is 2. The van der Waals surface area contributed by atoms with Crippen molar-refractivity contribution in [2.75, 3.05) is 12.4 Å². The maximum atomic E-state index is 12.1. The normalized spacial score (nSPS) is 18.3. The van der Waals surface area contributed by atoms with Gasteiger partial charge in [0.25, 0.3) is 0 Å². The number of benzene rings is 1. The molecule has 5 nitrogen and oxygen atoms in total. The van der Waals surface area contributed by atoms with Gasteiger partial charge in [-0.15, -0.1) is 0 Å². The molecule has 1 aliphatic heterocycles. The van der Waals surface area contributed by atoms with E-state index in [1.165, 1.54) is 0 Å². The third-order valence-corrected chi connectivity index (χ3v) is 3.59. The number of ether oxygens (including phenoxy) is 1. The topological polar surface area (TPSA) is 67.4 Å². The van der Waals surface area contributed by atoms with Crippen molar-refractivity contribution in [2.45, 2.75) is 45.1 Å². The molecule has 2 rings (SSSR count). The van der Waals surface area contributed by atoms with Crippen LogP contribution < -0.4 is 15.4 Å². The Morgan fingerprint density at radius 2 is 2.10 bits per heavy atom. The molecule has 1 aromatic carbocycles. The van der Waals surface area contributed by atoms with E-state index >= 15 is 0 Å². The minimum absolute atomic E-state index is 0.0692. The van der Waals surface area contributed by atoms with Crippen LogP contribution in [0.15, 0.2) is 18.2 Å². The summed E-state index contributed by atoms with van der Waals surface area (Å²) in [6, 6.07) is 5.15. The van der Waals surface area contributed by atoms with Crippen molar-refractivity contribution in [1.29, 1.82) is 0 Å². The second-order valence-electron chi connectivity index (χ2n) is 6.31. The van der Waals surface area contributed by atoms with Gasteiger partial charge in [0.1, 0.15) is 11.8 Å². The summed E-state index contributed by atoms with van der Waals surface area (Å²) in [6.45, 7) is 6.27. The third-order valence-electron chi connectivity index (χ3n) is 3.59. The minimum atomic E-state index is -0.433. The van der Waals surface area contributed by atoms with Crippen LogP contribution in [0.2, 0.25) is 0 Å². The predicted molar refractivity (Wildman–Crippen MR) is 81.5 cm³/mol. The summed E-state index contributed by atoms with van der Waals surface area (Å²) in [5, 5.41) is 5.52. The third kappa shape index (κ3) is 3.54. The first-order valence-corrected chi connectivity index (χ1v) is 7.10. The summed E-state index contributed by atoms with van der Waals surface area (Å²) in [5.41, 5.74) is 1.65. The number of rotatable bonds is 3. The molecule has 1 aromatic rings. The molecular weight excluding hydrogens is 268 g/mol. The van der Waals surface area contributed by atoms with Gasteiger partial charge in [0.2, 0.25) is 11.8 Å². The number of hydrogen-bond acceptors (Lipinski definition) is 3. The van der Waals surface area contributed by atoms with Crippen molar-refractivity contribution >= 4 is 17.5 Å². The van der Waals surface area contributed by atoms with E-state index in [1.54, 1.807) is 7.11 Å². The quantitative estimate of drug-likeness (QED) is 0.897. The van der Waals surface area contributed by atoms with Crippen LogP contribution in [-0.4, -0.2) is 25.0 Å². The second-order valence-corrected chi connectivity index (χ2v) is 6.31. The summed E-state index contributed by atoms with van der Waals surface area (Å²) in [5.74, 6) is 0.556. The van der Waals surface area contributed by atoms with Crippen molar-refractivity contribution in [3.05, 3.63) is 23.8 Å². The van der Waals surface area contributed by atoms with E-state index in [-0.39, 0.29) is 17.2 Å². The van der Waals surface area contributed by atoms with Crippen LogP contribution in [0.4, 0.5) is 5.69 Å². The average Bonchev–Trinajstić information content (AvgIpc) is 2.84. The molecule has 0 radical (unpaired) electrons. The van der Waals surface area contributed by atoms with Crippen LogP contribution in [0.1, 0.15) is 39.2 Å². The molecule has 2 N–H and O–H groups in total. The molecule has 21 heavy (non-hydrogen) atoms. The maximum Gasteiger partial charge on any atom is 0.246 e. The first-order valence-electron chi connectivity index (χ1n) is 7.10. The molecular formula is C16H22N2O3. The lowest BCUT2D eigenvalue weighted by Gasteiger charge is -2.23. The van der Waals surface area contributed by atoms with E-state index in [4.69, 9.17) is 4.74 Å². The van der Waals surface area contributed by atoms with E-state index in [1.807, 2.05) is 18.2 Å². The number of anilines is 1. The summed E-state index contributed by atoms with van der Waals surface area (Å²) in [7, 11) is 1.64. The van der Waals surface area contributed by atoms with Gasteiger partial charge in [-0.3, -0.25) is 9.59 Å². The van der Waals surface area contributed by atoms with E-state index in [2.05, 4.69) is 31.4 Å². The molecule has 2 amide bonds. The van der Waals surface area contributed by atoms with Crippen molar-refractivity contribution < 1.29 is 14.3 Å². The summed E-state index contributed by atoms with van der Waals surface area (Å²) >= 11 is 0. The Kier molecular flexibility index (Phi) is 4.21. The van der Waals surface area contributed by atoms with Gasteiger partial charge in [-0.25, -0.2) is 0 Å². The van der Waals surface area contributed by atoms with Crippen molar-refractivity contribution in [3.63, 3.8) is 0 Å². The van der Waals surface area contributed by atoms with Gasteiger partial charge in [0, 0.05) is 17.7 Å². The first-order chi connectivity index (χ1) is 9.81. The van der Waals surface area contributed by atoms with E-state index in [0.29, 0.717) is 18.5 Å². The van der Waals surface area contributed by atoms with Gasteiger partial charge >= 0.3 is 0 Å². The van der Waals surface area contributed by atoms with Crippen molar-refractivity contribution in [2.24, 2.45) is 0 Å².